The van der Waals surface area contributed by atoms with Crippen LogP contribution in [-0.4, -0.2) is 54.1 Å². The quantitative estimate of drug-likeness (QED) is 0.635. The summed E-state index contributed by atoms with van der Waals surface area (Å²) in [5, 5.41) is 1.56. The number of rotatable bonds is 5. The number of piperazine rings is 1. The second kappa shape index (κ2) is 8.32. The molecule has 0 bridgehead atoms. The number of fused-ring (bicyclic) bond motifs is 1. The summed E-state index contributed by atoms with van der Waals surface area (Å²) < 4.78 is 5.17. The molecule has 0 spiro atoms. The molecule has 1 saturated heterocycles. The van der Waals surface area contributed by atoms with Gasteiger partial charge in [0.2, 0.25) is 5.91 Å². The first-order valence-electron chi connectivity index (χ1n) is 9.21. The van der Waals surface area contributed by atoms with Gasteiger partial charge in [0.1, 0.15) is 16.1 Å². The number of anilines is 1. The second-order valence-electron chi connectivity index (χ2n) is 6.66. The number of hydrogen-bond acceptors (Lipinski definition) is 6. The molecule has 0 atom stereocenters. The predicted octanol–water partition coefficient (Wildman–Crippen LogP) is 3.63. The lowest BCUT2D eigenvalue weighted by atomic mass is 10.1. The Labute approximate surface area is 172 Å². The lowest BCUT2D eigenvalue weighted by molar-refractivity contribution is -0.131. The maximum Gasteiger partial charge on any atom is 0.223 e. The maximum atomic E-state index is 12.6. The highest BCUT2D eigenvalue weighted by atomic mass is 35.5. The van der Waals surface area contributed by atoms with Gasteiger partial charge in [0.25, 0.3) is 0 Å². The molecule has 0 saturated carbocycles. The van der Waals surface area contributed by atoms with Gasteiger partial charge in [-0.2, -0.15) is 0 Å². The summed E-state index contributed by atoms with van der Waals surface area (Å²) in [7, 11) is 1.59. The Balaban J connectivity index is 1.30. The zero-order valence-electron chi connectivity index (χ0n) is 15.6. The molecule has 1 fully saturated rings. The van der Waals surface area contributed by atoms with Crippen LogP contribution in [0, 0.1) is 0 Å². The number of halogens is 1. The van der Waals surface area contributed by atoms with E-state index in [0.717, 1.165) is 34.1 Å². The molecule has 1 aromatic carbocycles. The van der Waals surface area contributed by atoms with Gasteiger partial charge in [0.05, 0.1) is 12.1 Å². The molecule has 146 valence electrons. The molecule has 1 aliphatic rings. The zero-order valence-corrected chi connectivity index (χ0v) is 17.2. The third-order valence-corrected chi connectivity index (χ3v) is 6.24. The Morgan fingerprint density at radius 1 is 1.25 bits per heavy atom. The largest absolute Gasteiger partial charge is 0.495 e. The number of benzene rings is 1. The molecule has 4 rings (SSSR count). The van der Waals surface area contributed by atoms with Crippen LogP contribution in [0.4, 0.5) is 5.13 Å². The fourth-order valence-corrected chi connectivity index (χ4v) is 4.56. The van der Waals surface area contributed by atoms with Crippen molar-refractivity contribution in [2.75, 3.05) is 38.2 Å². The molecule has 2 aromatic heterocycles. The number of carbonyl (C=O) groups excluding carboxylic acids is 1. The third kappa shape index (κ3) is 4.05. The van der Waals surface area contributed by atoms with E-state index in [4.69, 9.17) is 16.3 Å². The number of aromatic nitrogens is 2. The number of carbonyl (C=O) groups is 1. The molecule has 6 nitrogen and oxygen atoms in total. The number of hydrogen-bond donors (Lipinski definition) is 0. The molecular weight excluding hydrogens is 396 g/mol. The average molecular weight is 417 g/mol. The Bertz CT molecular complexity index is 952. The molecular formula is C20H21ClN4O2S. The molecule has 0 N–H and O–H groups in total. The van der Waals surface area contributed by atoms with Gasteiger partial charge in [-0.05, 0) is 36.2 Å². The molecule has 3 aromatic rings. The number of methoxy groups -OCH3 is 1. The van der Waals surface area contributed by atoms with Gasteiger partial charge in [0.15, 0.2) is 5.13 Å². The van der Waals surface area contributed by atoms with Crippen molar-refractivity contribution in [3.63, 3.8) is 0 Å². The van der Waals surface area contributed by atoms with Crippen molar-refractivity contribution >= 4 is 44.3 Å². The minimum absolute atomic E-state index is 0.178. The molecule has 3 heterocycles. The molecule has 0 radical (unpaired) electrons. The summed E-state index contributed by atoms with van der Waals surface area (Å²) in [4.78, 5) is 26.7. The summed E-state index contributed by atoms with van der Waals surface area (Å²) in [6, 6.07) is 9.55. The monoisotopic (exact) mass is 416 g/mol. The van der Waals surface area contributed by atoms with E-state index in [1.807, 2.05) is 35.2 Å². The number of thiazole rings is 1. The summed E-state index contributed by atoms with van der Waals surface area (Å²) >= 11 is 7.76. The fourth-order valence-electron chi connectivity index (χ4n) is 3.32. The van der Waals surface area contributed by atoms with Crippen LogP contribution in [0.15, 0.2) is 36.5 Å². The SMILES string of the molecule is COc1ccc(CCC(=O)N2CCN(c3nc4cccnc4s3)CC2)cc1Cl. The van der Waals surface area contributed by atoms with Gasteiger partial charge in [-0.15, -0.1) is 0 Å². The van der Waals surface area contributed by atoms with Gasteiger partial charge in [-0.1, -0.05) is 29.0 Å². The standard InChI is InChI=1S/C20H21ClN4O2S/c1-27-17-6-4-14(13-15(17)21)5-7-18(26)24-9-11-25(12-10-24)20-23-16-3-2-8-22-19(16)28-20/h2-4,6,8,13H,5,7,9-12H2,1H3. The van der Waals surface area contributed by atoms with Gasteiger partial charge >= 0.3 is 0 Å². The highest BCUT2D eigenvalue weighted by molar-refractivity contribution is 7.21. The number of pyridine rings is 1. The third-order valence-electron chi connectivity index (χ3n) is 4.90. The number of nitrogens with zero attached hydrogens (tertiary/aromatic N) is 4. The Morgan fingerprint density at radius 3 is 2.79 bits per heavy atom. The van der Waals surface area contributed by atoms with Crippen LogP contribution in [-0.2, 0) is 11.2 Å². The Hall–Kier alpha value is -2.38. The van der Waals surface area contributed by atoms with Crippen LogP contribution in [0.2, 0.25) is 5.02 Å². The van der Waals surface area contributed by atoms with Gasteiger partial charge in [-0.3, -0.25) is 4.79 Å². The first-order chi connectivity index (χ1) is 13.6. The molecule has 0 aliphatic carbocycles. The van der Waals surface area contributed by atoms with Gasteiger partial charge in [0, 0.05) is 38.8 Å². The van der Waals surface area contributed by atoms with E-state index in [1.54, 1.807) is 24.6 Å². The lowest BCUT2D eigenvalue weighted by Crippen LogP contribution is -2.48. The van der Waals surface area contributed by atoms with Crippen molar-refractivity contribution in [2.24, 2.45) is 0 Å². The van der Waals surface area contributed by atoms with E-state index in [-0.39, 0.29) is 5.91 Å². The first kappa shape index (κ1) is 19.0. The Morgan fingerprint density at radius 2 is 2.07 bits per heavy atom. The van der Waals surface area contributed by atoms with Gasteiger partial charge in [-0.25, -0.2) is 9.97 Å². The van der Waals surface area contributed by atoms with Crippen LogP contribution < -0.4 is 9.64 Å². The van der Waals surface area contributed by atoms with Crippen molar-refractivity contribution in [2.45, 2.75) is 12.8 Å². The number of aryl methyl sites for hydroxylation is 1. The summed E-state index contributed by atoms with van der Waals surface area (Å²) in [6.45, 7) is 3.01. The van der Waals surface area contributed by atoms with E-state index in [2.05, 4.69) is 14.9 Å². The van der Waals surface area contributed by atoms with Crippen LogP contribution in [0.1, 0.15) is 12.0 Å². The molecule has 1 aliphatic heterocycles. The molecule has 28 heavy (non-hydrogen) atoms. The van der Waals surface area contributed by atoms with Gasteiger partial charge < -0.3 is 14.5 Å². The van der Waals surface area contributed by atoms with E-state index >= 15 is 0 Å². The van der Waals surface area contributed by atoms with Crippen molar-refractivity contribution in [3.05, 3.63) is 47.1 Å². The van der Waals surface area contributed by atoms with E-state index in [0.29, 0.717) is 36.7 Å². The normalized spacial score (nSPS) is 14.5. The smallest absolute Gasteiger partial charge is 0.223 e. The van der Waals surface area contributed by atoms with Crippen molar-refractivity contribution in [3.8, 4) is 5.75 Å². The summed E-state index contributed by atoms with van der Waals surface area (Å²) in [5.74, 6) is 0.829. The minimum atomic E-state index is 0.178. The topological polar surface area (TPSA) is 58.6 Å². The minimum Gasteiger partial charge on any atom is -0.495 e. The summed E-state index contributed by atoms with van der Waals surface area (Å²) in [6.07, 6.45) is 2.94. The van der Waals surface area contributed by atoms with Crippen LogP contribution in [0.3, 0.4) is 0 Å². The zero-order chi connectivity index (χ0) is 19.5. The lowest BCUT2D eigenvalue weighted by Gasteiger charge is -2.34. The molecule has 1 amide bonds. The average Bonchev–Trinajstić information content (AvgIpc) is 3.16. The van der Waals surface area contributed by atoms with E-state index < -0.39 is 0 Å². The van der Waals surface area contributed by atoms with Crippen molar-refractivity contribution < 1.29 is 9.53 Å². The highest BCUT2D eigenvalue weighted by Gasteiger charge is 2.23. The number of amides is 1. The predicted molar refractivity (Wildman–Crippen MR) is 113 cm³/mol. The van der Waals surface area contributed by atoms with E-state index in [1.165, 1.54) is 0 Å². The van der Waals surface area contributed by atoms with Crippen LogP contribution >= 0.6 is 22.9 Å². The Kier molecular flexibility index (Phi) is 5.64. The highest BCUT2D eigenvalue weighted by Crippen LogP contribution is 2.28. The van der Waals surface area contributed by atoms with E-state index in [9.17, 15) is 4.79 Å². The molecule has 8 heteroatoms. The van der Waals surface area contributed by atoms with Crippen LogP contribution in [0.5, 0.6) is 5.75 Å². The fraction of sp³-hybridized carbons (Fsp3) is 0.350. The van der Waals surface area contributed by atoms with Crippen molar-refractivity contribution in [1.29, 1.82) is 0 Å². The van der Waals surface area contributed by atoms with Crippen molar-refractivity contribution in [1.82, 2.24) is 14.9 Å². The maximum absolute atomic E-state index is 12.6. The second-order valence-corrected chi connectivity index (χ2v) is 8.02. The summed E-state index contributed by atoms with van der Waals surface area (Å²) in [5.41, 5.74) is 1.97. The first-order valence-corrected chi connectivity index (χ1v) is 10.4. The number of ether oxygens (including phenoxy) is 1. The molecule has 0 unspecified atom stereocenters. The van der Waals surface area contributed by atoms with Crippen LogP contribution in [0.25, 0.3) is 10.3 Å².